The van der Waals surface area contributed by atoms with Gasteiger partial charge in [0.05, 0.1) is 4.32 Å². The van der Waals surface area contributed by atoms with E-state index in [2.05, 4.69) is 22.5 Å². The molecule has 70 valence electrons. The minimum Gasteiger partial charge on any atom is -0.298 e. The van der Waals surface area contributed by atoms with E-state index in [1.54, 1.807) is 0 Å². The summed E-state index contributed by atoms with van der Waals surface area (Å²) in [5.74, 6) is 0.267. The zero-order valence-electron chi connectivity index (χ0n) is 8.11. The van der Waals surface area contributed by atoms with Crippen molar-refractivity contribution in [3.05, 3.63) is 12.2 Å². The lowest BCUT2D eigenvalue weighted by molar-refractivity contribution is -0.120. The summed E-state index contributed by atoms with van der Waals surface area (Å²) in [4.78, 5) is 11.4. The third-order valence-corrected chi connectivity index (χ3v) is 2.11. The Kier molecular flexibility index (Phi) is 4.76. The molecular formula is C10H17BrO. The largest absolute Gasteiger partial charge is 0.298 e. The van der Waals surface area contributed by atoms with Gasteiger partial charge in [-0.1, -0.05) is 21.5 Å². The van der Waals surface area contributed by atoms with Crippen LogP contribution >= 0.6 is 15.9 Å². The van der Waals surface area contributed by atoms with Crippen LogP contribution in [-0.4, -0.2) is 10.1 Å². The van der Waals surface area contributed by atoms with Crippen LogP contribution in [0, 0.1) is 0 Å². The second kappa shape index (κ2) is 4.80. The van der Waals surface area contributed by atoms with Gasteiger partial charge >= 0.3 is 0 Å². The van der Waals surface area contributed by atoms with Crippen LogP contribution in [0.4, 0.5) is 0 Å². The second-order valence-corrected chi connectivity index (χ2v) is 5.69. The van der Waals surface area contributed by atoms with Crippen molar-refractivity contribution >= 4 is 21.7 Å². The van der Waals surface area contributed by atoms with Crippen molar-refractivity contribution in [1.29, 1.82) is 0 Å². The number of alkyl halides is 1. The fourth-order valence-corrected chi connectivity index (χ4v) is 1.05. The normalized spacial score (nSPS) is 11.3. The molecule has 12 heavy (non-hydrogen) atoms. The minimum absolute atomic E-state index is 0.267. The fraction of sp³-hybridized carbons (Fsp3) is 0.700. The van der Waals surface area contributed by atoms with Gasteiger partial charge in [0.2, 0.25) is 0 Å². The number of hydrogen-bond donors (Lipinski definition) is 0. The van der Waals surface area contributed by atoms with Crippen LogP contribution in [0.2, 0.25) is 0 Å². The van der Waals surface area contributed by atoms with E-state index in [-0.39, 0.29) is 10.1 Å². The molecule has 0 fully saturated rings. The van der Waals surface area contributed by atoms with Crippen LogP contribution in [0.3, 0.4) is 0 Å². The first-order valence-electron chi connectivity index (χ1n) is 4.20. The van der Waals surface area contributed by atoms with Crippen LogP contribution in [0.25, 0.3) is 0 Å². The molecule has 0 saturated heterocycles. The van der Waals surface area contributed by atoms with E-state index < -0.39 is 0 Å². The molecule has 0 heterocycles. The summed E-state index contributed by atoms with van der Waals surface area (Å²) in [5.41, 5.74) is 1.15. The van der Waals surface area contributed by atoms with Gasteiger partial charge in [0, 0.05) is 6.42 Å². The first kappa shape index (κ1) is 11.9. The quantitative estimate of drug-likeness (QED) is 0.524. The number of ketones is 1. The summed E-state index contributed by atoms with van der Waals surface area (Å²) < 4.78 is -0.359. The molecule has 0 rings (SSSR count). The summed E-state index contributed by atoms with van der Waals surface area (Å²) in [6, 6.07) is 0. The molecule has 0 aliphatic carbocycles. The molecule has 0 aliphatic rings. The molecular weight excluding hydrogens is 216 g/mol. The van der Waals surface area contributed by atoms with Gasteiger partial charge in [-0.2, -0.15) is 0 Å². The number of halogens is 1. The topological polar surface area (TPSA) is 17.1 Å². The monoisotopic (exact) mass is 232 g/mol. The average Bonchev–Trinajstić information content (AvgIpc) is 1.84. The Balaban J connectivity index is 3.66. The highest BCUT2D eigenvalue weighted by Crippen LogP contribution is 2.20. The molecule has 0 unspecified atom stereocenters. The van der Waals surface area contributed by atoms with Crippen molar-refractivity contribution in [3.63, 3.8) is 0 Å². The van der Waals surface area contributed by atoms with Gasteiger partial charge in [0.15, 0.2) is 0 Å². The maximum absolute atomic E-state index is 11.4. The zero-order valence-corrected chi connectivity index (χ0v) is 9.70. The first-order chi connectivity index (χ1) is 5.34. The lowest BCUT2D eigenvalue weighted by Gasteiger charge is -2.13. The number of carbonyl (C=O) groups is 1. The van der Waals surface area contributed by atoms with Gasteiger partial charge in [-0.15, -0.1) is 6.58 Å². The maximum atomic E-state index is 11.4. The Hall–Kier alpha value is -0.110. The van der Waals surface area contributed by atoms with Crippen molar-refractivity contribution in [2.75, 3.05) is 0 Å². The third-order valence-electron chi connectivity index (χ3n) is 1.67. The van der Waals surface area contributed by atoms with Crippen molar-refractivity contribution in [2.24, 2.45) is 0 Å². The van der Waals surface area contributed by atoms with E-state index in [9.17, 15) is 4.79 Å². The van der Waals surface area contributed by atoms with Gasteiger partial charge in [0.25, 0.3) is 0 Å². The molecule has 0 aliphatic heterocycles. The van der Waals surface area contributed by atoms with Crippen LogP contribution in [-0.2, 0) is 4.79 Å². The maximum Gasteiger partial charge on any atom is 0.148 e. The Bertz CT molecular complexity index is 177. The Labute approximate surface area is 83.4 Å². The fourth-order valence-electron chi connectivity index (χ4n) is 0.848. The van der Waals surface area contributed by atoms with Crippen molar-refractivity contribution in [2.45, 2.75) is 44.4 Å². The average molecular weight is 233 g/mol. The number of hydrogen-bond acceptors (Lipinski definition) is 1. The zero-order chi connectivity index (χ0) is 9.78. The molecule has 0 radical (unpaired) electrons. The van der Waals surface area contributed by atoms with Gasteiger partial charge in [0.1, 0.15) is 5.78 Å². The minimum atomic E-state index is -0.359. The molecule has 0 spiro atoms. The van der Waals surface area contributed by atoms with Crippen molar-refractivity contribution in [1.82, 2.24) is 0 Å². The molecule has 0 N–H and O–H groups in total. The van der Waals surface area contributed by atoms with Crippen LogP contribution < -0.4 is 0 Å². The highest BCUT2D eigenvalue weighted by Gasteiger charge is 2.22. The number of Topliss-reactive ketones (excluding diaryl/α,β-unsaturated/α-hetero) is 1. The molecule has 0 amide bonds. The first-order valence-corrected chi connectivity index (χ1v) is 5.00. The highest BCUT2D eigenvalue weighted by atomic mass is 79.9. The van der Waals surface area contributed by atoms with Crippen LogP contribution in [0.1, 0.15) is 40.0 Å². The summed E-state index contributed by atoms with van der Waals surface area (Å²) in [7, 11) is 0. The number of allylic oxidation sites excluding steroid dienone is 1. The van der Waals surface area contributed by atoms with Gasteiger partial charge in [-0.3, -0.25) is 4.79 Å². The van der Waals surface area contributed by atoms with Crippen molar-refractivity contribution < 1.29 is 4.79 Å². The smallest absolute Gasteiger partial charge is 0.148 e. The molecule has 0 bridgehead atoms. The summed E-state index contributed by atoms with van der Waals surface area (Å²) in [5, 5.41) is 0. The number of rotatable bonds is 5. The van der Waals surface area contributed by atoms with E-state index in [1.807, 2.05) is 20.8 Å². The van der Waals surface area contributed by atoms with E-state index in [4.69, 9.17) is 0 Å². The van der Waals surface area contributed by atoms with Gasteiger partial charge in [-0.05, 0) is 33.6 Å². The summed E-state index contributed by atoms with van der Waals surface area (Å²) in [6.45, 7) is 9.55. The van der Waals surface area contributed by atoms with Crippen molar-refractivity contribution in [3.8, 4) is 0 Å². The molecule has 0 aromatic heterocycles. The standard InChI is InChI=1S/C10H17BrO/c1-8(2)6-5-7-9(12)10(3,4)11/h1,5-7H2,2-4H3. The molecule has 0 atom stereocenters. The van der Waals surface area contributed by atoms with E-state index in [0.29, 0.717) is 6.42 Å². The van der Waals surface area contributed by atoms with E-state index in [1.165, 1.54) is 0 Å². The Morgan fingerprint density at radius 3 is 2.25 bits per heavy atom. The van der Waals surface area contributed by atoms with E-state index >= 15 is 0 Å². The molecule has 0 saturated carbocycles. The Morgan fingerprint density at radius 2 is 1.92 bits per heavy atom. The van der Waals surface area contributed by atoms with Gasteiger partial charge < -0.3 is 0 Å². The third kappa shape index (κ3) is 5.53. The SMILES string of the molecule is C=C(C)CCCC(=O)C(C)(C)Br. The molecule has 2 heteroatoms. The van der Waals surface area contributed by atoms with Crippen LogP contribution in [0.5, 0.6) is 0 Å². The predicted molar refractivity (Wildman–Crippen MR) is 56.7 cm³/mol. The second-order valence-electron chi connectivity index (χ2n) is 3.71. The lowest BCUT2D eigenvalue weighted by Crippen LogP contribution is -2.23. The molecule has 1 nitrogen and oxygen atoms in total. The lowest BCUT2D eigenvalue weighted by atomic mass is 10.0. The molecule has 0 aromatic rings. The predicted octanol–water partition coefficient (Wildman–Crippen LogP) is 3.48. The van der Waals surface area contributed by atoms with E-state index in [0.717, 1.165) is 18.4 Å². The van der Waals surface area contributed by atoms with Gasteiger partial charge in [-0.25, -0.2) is 0 Å². The summed E-state index contributed by atoms with van der Waals surface area (Å²) in [6.07, 6.45) is 2.52. The summed E-state index contributed by atoms with van der Waals surface area (Å²) >= 11 is 3.34. The highest BCUT2D eigenvalue weighted by molar-refractivity contribution is 9.10. The number of carbonyl (C=O) groups excluding carboxylic acids is 1. The Morgan fingerprint density at radius 1 is 1.42 bits per heavy atom. The molecule has 0 aromatic carbocycles. The van der Waals surface area contributed by atoms with Crippen LogP contribution in [0.15, 0.2) is 12.2 Å².